The van der Waals surface area contributed by atoms with Crippen molar-refractivity contribution in [3.8, 4) is 0 Å². The van der Waals surface area contributed by atoms with Gasteiger partial charge in [0.15, 0.2) is 0 Å². The summed E-state index contributed by atoms with van der Waals surface area (Å²) in [5, 5.41) is 2.80. The number of hydrogen-bond donors (Lipinski definition) is 1. The Morgan fingerprint density at radius 1 is 1.67 bits per heavy atom. The topological polar surface area (TPSA) is 12.0 Å². The quantitative estimate of drug-likeness (QED) is 0.286. The zero-order valence-corrected chi connectivity index (χ0v) is 9.53. The van der Waals surface area contributed by atoms with E-state index in [1.165, 1.54) is 0 Å². The molecule has 0 aliphatic carbocycles. The summed E-state index contributed by atoms with van der Waals surface area (Å²) in [5.41, 5.74) is 1.00. The van der Waals surface area contributed by atoms with Gasteiger partial charge in [0.05, 0.1) is 0 Å². The van der Waals surface area contributed by atoms with Gasteiger partial charge in [0.1, 0.15) is 0 Å². The van der Waals surface area contributed by atoms with Gasteiger partial charge >= 0.3 is 29.6 Å². The van der Waals surface area contributed by atoms with Crippen LogP contribution in [0.4, 0.5) is 0 Å². The van der Waals surface area contributed by atoms with Gasteiger partial charge in [-0.25, -0.2) is 0 Å². The molecule has 1 nitrogen and oxygen atoms in total. The van der Waals surface area contributed by atoms with Crippen LogP contribution in [0.3, 0.4) is 0 Å². The summed E-state index contributed by atoms with van der Waals surface area (Å²) in [7, 11) is 0. The van der Waals surface area contributed by atoms with E-state index in [1.54, 1.807) is 0 Å². The Bertz CT molecular complexity index is 122. The van der Waals surface area contributed by atoms with E-state index in [1.807, 2.05) is 19.9 Å². The van der Waals surface area contributed by atoms with E-state index >= 15 is 0 Å². The van der Waals surface area contributed by atoms with Gasteiger partial charge in [-0.15, -0.1) is 0 Å². The fourth-order valence-corrected chi connectivity index (χ4v) is 0.555. The van der Waals surface area contributed by atoms with Crippen molar-refractivity contribution in [3.05, 3.63) is 11.8 Å². The monoisotopic (exact) mass is 169 g/mol. The molecular weight excluding hydrogens is 161 g/mol. The van der Waals surface area contributed by atoms with Crippen molar-refractivity contribution >= 4 is 29.2 Å². The van der Waals surface area contributed by atoms with Crippen molar-refractivity contribution in [3.63, 3.8) is 0 Å². The van der Waals surface area contributed by atoms with Crippen LogP contribution in [0.25, 0.3) is 0 Å². The fraction of sp³-hybridized carbons (Fsp3) is 0.400. The third-order valence-electron chi connectivity index (χ3n) is 0.732. The van der Waals surface area contributed by atoms with Gasteiger partial charge in [-0.3, -0.25) is 0 Å². The van der Waals surface area contributed by atoms with Crippen LogP contribution in [0.5, 0.6) is 0 Å². The van der Waals surface area contributed by atoms with Crippen LogP contribution in [0.1, 0.15) is 13.8 Å². The summed E-state index contributed by atoms with van der Waals surface area (Å²) >= 11 is 9.20. The van der Waals surface area contributed by atoms with Crippen LogP contribution in [0.15, 0.2) is 11.8 Å². The van der Waals surface area contributed by atoms with Crippen LogP contribution in [0.2, 0.25) is 0 Å². The maximum atomic E-state index is 4.60. The maximum absolute atomic E-state index is 4.60. The van der Waals surface area contributed by atoms with Crippen molar-refractivity contribution in [2.75, 3.05) is 0 Å². The summed E-state index contributed by atoms with van der Waals surface area (Å²) < 4.78 is 0.403. The summed E-state index contributed by atoms with van der Waals surface area (Å²) in [6.45, 7) is 3.84. The second-order valence-corrected chi connectivity index (χ2v) is 2.46. The normalized spacial score (nSPS) is 9.78. The summed E-state index contributed by atoms with van der Waals surface area (Å²) in [5.74, 6) is 0. The summed E-state index contributed by atoms with van der Waals surface area (Å²) in [4.78, 5) is 0. The first-order valence-electron chi connectivity index (χ1n) is 2.27. The van der Waals surface area contributed by atoms with E-state index in [4.69, 9.17) is 0 Å². The number of thiocarbonyl (C=S) groups is 1. The van der Waals surface area contributed by atoms with Crippen molar-refractivity contribution in [1.82, 2.24) is 5.32 Å². The van der Waals surface area contributed by atoms with Gasteiger partial charge in [0.2, 0.25) is 0 Å². The molecule has 0 saturated carbocycles. The Hall–Kier alpha value is 0.850. The molecule has 0 atom stereocenters. The minimum atomic E-state index is 0. The third-order valence-corrected chi connectivity index (χ3v) is 0.936. The molecular formula is C5H8NNaS2. The molecule has 0 unspecified atom stereocenters. The zero-order valence-electron chi connectivity index (χ0n) is 5.89. The summed E-state index contributed by atoms with van der Waals surface area (Å²) in [6.07, 6.45) is 1.92. The van der Waals surface area contributed by atoms with Crippen molar-refractivity contribution < 1.29 is 29.6 Å². The summed E-state index contributed by atoms with van der Waals surface area (Å²) in [6, 6.07) is 0. The Labute approximate surface area is 89.0 Å². The first-order valence-corrected chi connectivity index (χ1v) is 3.09. The predicted molar refractivity (Wildman–Crippen MR) is 42.5 cm³/mol. The SMILES string of the molecule is C/C=C(/C)NC(=S)[S-].[Na+]. The van der Waals surface area contributed by atoms with Gasteiger partial charge in [-0.2, -0.15) is 0 Å². The van der Waals surface area contributed by atoms with E-state index in [2.05, 4.69) is 30.2 Å². The van der Waals surface area contributed by atoms with E-state index in [0.29, 0.717) is 4.32 Å². The van der Waals surface area contributed by atoms with E-state index < -0.39 is 0 Å². The molecule has 0 amide bonds. The molecule has 0 rings (SSSR count). The van der Waals surface area contributed by atoms with E-state index in [0.717, 1.165) is 5.70 Å². The number of nitrogens with one attached hydrogen (secondary N) is 1. The van der Waals surface area contributed by atoms with Crippen LogP contribution in [-0.2, 0) is 12.6 Å². The molecule has 1 N–H and O–H groups in total. The first kappa shape index (κ1) is 12.5. The second kappa shape index (κ2) is 6.96. The number of hydrogen-bond acceptors (Lipinski definition) is 2. The Morgan fingerprint density at radius 3 is 2.22 bits per heavy atom. The molecule has 0 spiro atoms. The largest absolute Gasteiger partial charge is 1.00 e. The van der Waals surface area contributed by atoms with Crippen LogP contribution >= 0.6 is 12.2 Å². The molecule has 0 aromatic carbocycles. The molecule has 0 saturated heterocycles. The predicted octanol–water partition coefficient (Wildman–Crippen LogP) is -1.66. The van der Waals surface area contributed by atoms with Gasteiger partial charge in [0.25, 0.3) is 0 Å². The molecule has 0 bridgehead atoms. The molecule has 0 radical (unpaired) electrons. The molecule has 0 aromatic rings. The molecule has 0 aliphatic rings. The van der Waals surface area contributed by atoms with E-state index in [-0.39, 0.29) is 29.6 Å². The average Bonchev–Trinajstić information content (AvgIpc) is 1.65. The van der Waals surface area contributed by atoms with Crippen LogP contribution < -0.4 is 34.9 Å². The zero-order chi connectivity index (χ0) is 6.57. The third kappa shape index (κ3) is 8.85. The van der Waals surface area contributed by atoms with Gasteiger partial charge in [-0.1, -0.05) is 10.4 Å². The average molecular weight is 169 g/mol. The van der Waals surface area contributed by atoms with Crippen molar-refractivity contribution in [2.24, 2.45) is 0 Å². The number of allylic oxidation sites excluding steroid dienone is 2. The molecule has 0 aromatic heterocycles. The second-order valence-electron chi connectivity index (χ2n) is 1.38. The Kier molecular flexibility index (Phi) is 9.69. The Balaban J connectivity index is 0. The minimum Gasteiger partial charge on any atom is -0.411 e. The molecule has 46 valence electrons. The Morgan fingerprint density at radius 2 is 2.11 bits per heavy atom. The molecule has 9 heavy (non-hydrogen) atoms. The van der Waals surface area contributed by atoms with Crippen LogP contribution in [0, 0.1) is 0 Å². The molecule has 4 heteroatoms. The molecule has 0 fully saturated rings. The van der Waals surface area contributed by atoms with Crippen molar-refractivity contribution in [1.29, 1.82) is 0 Å². The van der Waals surface area contributed by atoms with E-state index in [9.17, 15) is 0 Å². The smallest absolute Gasteiger partial charge is 0.411 e. The molecule has 0 heterocycles. The van der Waals surface area contributed by atoms with Crippen LogP contribution in [-0.4, -0.2) is 4.32 Å². The maximum Gasteiger partial charge on any atom is 1.00 e. The number of rotatable bonds is 1. The fourth-order valence-electron chi connectivity index (χ4n) is 0.233. The van der Waals surface area contributed by atoms with Gasteiger partial charge in [0, 0.05) is 5.70 Å². The van der Waals surface area contributed by atoms with Gasteiger partial charge in [-0.05, 0) is 13.8 Å². The van der Waals surface area contributed by atoms with Crippen molar-refractivity contribution in [2.45, 2.75) is 13.8 Å². The minimum absolute atomic E-state index is 0. The molecule has 0 aliphatic heterocycles. The first-order chi connectivity index (χ1) is 3.66. The van der Waals surface area contributed by atoms with Gasteiger partial charge < -0.3 is 30.2 Å². The standard InChI is InChI=1S/C5H9NS2.Na/c1-3-4(2)6-5(7)8;/h3H,1-2H3,(H2,6,7,8);/q;+1/p-1/b4-3-;.